The summed E-state index contributed by atoms with van der Waals surface area (Å²) in [5.41, 5.74) is 3.81. The molecule has 0 amide bonds. The van der Waals surface area contributed by atoms with Crippen molar-refractivity contribution in [2.45, 2.75) is 45.6 Å². The van der Waals surface area contributed by atoms with Crippen LogP contribution in [0.2, 0.25) is 0 Å². The summed E-state index contributed by atoms with van der Waals surface area (Å²) in [7, 11) is 3.83. The van der Waals surface area contributed by atoms with Gasteiger partial charge < -0.3 is 10.1 Å². The summed E-state index contributed by atoms with van der Waals surface area (Å²) in [6, 6.07) is 2.53. The van der Waals surface area contributed by atoms with Gasteiger partial charge in [-0.2, -0.15) is 0 Å². The lowest BCUT2D eigenvalue weighted by Crippen LogP contribution is -2.24. The molecule has 1 atom stereocenters. The van der Waals surface area contributed by atoms with Gasteiger partial charge in [0.05, 0.1) is 7.11 Å². The number of nitrogens with one attached hydrogen (secondary N) is 1. The topological polar surface area (TPSA) is 21.3 Å². The summed E-state index contributed by atoms with van der Waals surface area (Å²) in [5, 5.41) is 3.49. The first-order chi connectivity index (χ1) is 9.08. The first-order valence-corrected chi connectivity index (χ1v) is 7.88. The largest absolute Gasteiger partial charge is 0.496 e. The van der Waals surface area contributed by atoms with Crippen LogP contribution < -0.4 is 10.1 Å². The lowest BCUT2D eigenvalue weighted by atomic mass is 9.79. The zero-order chi connectivity index (χ0) is 14.0. The van der Waals surface area contributed by atoms with Crippen molar-refractivity contribution >= 4 is 15.9 Å². The maximum absolute atomic E-state index is 5.67. The van der Waals surface area contributed by atoms with Gasteiger partial charge in [0, 0.05) is 16.1 Å². The third-order valence-corrected chi connectivity index (χ3v) is 5.23. The normalized spacial score (nSPS) is 17.1. The van der Waals surface area contributed by atoms with Crippen molar-refractivity contribution in [3.05, 3.63) is 27.2 Å². The van der Waals surface area contributed by atoms with Crippen molar-refractivity contribution in [1.29, 1.82) is 0 Å². The average Bonchev–Trinajstić information content (AvgIpc) is 2.33. The number of hydrogen-bond acceptors (Lipinski definition) is 2. The van der Waals surface area contributed by atoms with Crippen molar-refractivity contribution in [2.75, 3.05) is 14.2 Å². The van der Waals surface area contributed by atoms with Gasteiger partial charge in [-0.15, -0.1) is 0 Å². The van der Waals surface area contributed by atoms with Crippen molar-refractivity contribution in [1.82, 2.24) is 5.32 Å². The van der Waals surface area contributed by atoms with Crippen LogP contribution in [-0.4, -0.2) is 14.2 Å². The van der Waals surface area contributed by atoms with Crippen LogP contribution in [0.1, 0.15) is 48.4 Å². The summed E-state index contributed by atoms with van der Waals surface area (Å²) in [6.45, 7) is 4.29. The van der Waals surface area contributed by atoms with Gasteiger partial charge in [0.15, 0.2) is 0 Å². The number of benzene rings is 1. The summed E-state index contributed by atoms with van der Waals surface area (Å²) in [4.78, 5) is 0. The Morgan fingerprint density at radius 2 is 2.11 bits per heavy atom. The molecule has 0 spiro atoms. The smallest absolute Gasteiger partial charge is 0.126 e. The fourth-order valence-electron chi connectivity index (χ4n) is 3.01. The second kappa shape index (κ2) is 6.27. The number of ether oxygens (including phenoxy) is 1. The van der Waals surface area contributed by atoms with Gasteiger partial charge in [-0.05, 0) is 50.4 Å². The first-order valence-electron chi connectivity index (χ1n) is 7.09. The summed E-state index contributed by atoms with van der Waals surface area (Å²) in [6.07, 6.45) is 5.37. The lowest BCUT2D eigenvalue weighted by Gasteiger charge is -2.31. The number of aryl methyl sites for hydroxylation is 1. The molecule has 0 heterocycles. The second-order valence-corrected chi connectivity index (χ2v) is 6.48. The molecule has 1 saturated carbocycles. The van der Waals surface area contributed by atoms with Crippen molar-refractivity contribution in [2.24, 2.45) is 5.92 Å². The van der Waals surface area contributed by atoms with E-state index in [1.807, 2.05) is 0 Å². The van der Waals surface area contributed by atoms with E-state index in [-0.39, 0.29) is 0 Å². The second-order valence-electron chi connectivity index (χ2n) is 5.62. The van der Waals surface area contributed by atoms with Gasteiger partial charge in [0.1, 0.15) is 5.75 Å². The standard InChI is InChI=1S/C16H24BrNO/c1-10-8-13(17)11(2)15(16(10)19-4)14(18-3)9-12-6-5-7-12/h8,12,14,18H,5-7,9H2,1-4H3. The molecule has 2 rings (SSSR count). The van der Waals surface area contributed by atoms with Crippen LogP contribution in [0.15, 0.2) is 10.5 Å². The third kappa shape index (κ3) is 2.97. The molecule has 0 bridgehead atoms. The van der Waals surface area contributed by atoms with Crippen molar-refractivity contribution in [3.63, 3.8) is 0 Å². The van der Waals surface area contributed by atoms with E-state index >= 15 is 0 Å². The SMILES string of the molecule is CNC(CC1CCC1)c1c(C)c(Br)cc(C)c1OC. The van der Waals surface area contributed by atoms with E-state index in [1.165, 1.54) is 46.8 Å². The van der Waals surface area contributed by atoms with Gasteiger partial charge in [0.2, 0.25) is 0 Å². The maximum Gasteiger partial charge on any atom is 0.126 e. The molecule has 0 radical (unpaired) electrons. The zero-order valence-electron chi connectivity index (χ0n) is 12.3. The van der Waals surface area contributed by atoms with Crippen LogP contribution in [-0.2, 0) is 0 Å². The van der Waals surface area contributed by atoms with Crippen molar-refractivity contribution in [3.8, 4) is 5.75 Å². The van der Waals surface area contributed by atoms with Crippen LogP contribution in [0.5, 0.6) is 5.75 Å². The van der Waals surface area contributed by atoms with E-state index in [0.717, 1.165) is 11.7 Å². The van der Waals surface area contributed by atoms with Gasteiger partial charge in [-0.25, -0.2) is 0 Å². The van der Waals surface area contributed by atoms with E-state index in [0.29, 0.717) is 6.04 Å². The molecule has 0 aromatic heterocycles. The quantitative estimate of drug-likeness (QED) is 0.859. The molecule has 1 N–H and O–H groups in total. The number of rotatable bonds is 5. The minimum atomic E-state index is 0.386. The van der Waals surface area contributed by atoms with Crippen molar-refractivity contribution < 1.29 is 4.74 Å². The van der Waals surface area contributed by atoms with Gasteiger partial charge in [-0.3, -0.25) is 0 Å². The Bertz CT molecular complexity index is 455. The molecular weight excluding hydrogens is 302 g/mol. The van der Waals surface area contributed by atoms with E-state index in [9.17, 15) is 0 Å². The summed E-state index contributed by atoms with van der Waals surface area (Å²) < 4.78 is 6.84. The van der Waals surface area contributed by atoms with Crippen LogP contribution in [0, 0.1) is 19.8 Å². The van der Waals surface area contributed by atoms with Crippen LogP contribution >= 0.6 is 15.9 Å². The monoisotopic (exact) mass is 325 g/mol. The number of hydrogen-bond donors (Lipinski definition) is 1. The lowest BCUT2D eigenvalue weighted by molar-refractivity contribution is 0.262. The molecular formula is C16H24BrNO. The Labute approximate surface area is 125 Å². The van der Waals surface area contributed by atoms with Crippen LogP contribution in [0.4, 0.5) is 0 Å². The van der Waals surface area contributed by atoms with Crippen LogP contribution in [0.3, 0.4) is 0 Å². The Balaban J connectivity index is 2.38. The fourth-order valence-corrected chi connectivity index (χ4v) is 3.56. The zero-order valence-corrected chi connectivity index (χ0v) is 13.9. The van der Waals surface area contributed by atoms with E-state index in [1.54, 1.807) is 7.11 Å². The predicted octanol–water partition coefficient (Wildman–Crippen LogP) is 4.53. The third-order valence-electron chi connectivity index (χ3n) is 4.40. The highest BCUT2D eigenvalue weighted by Crippen LogP contribution is 2.41. The maximum atomic E-state index is 5.67. The highest BCUT2D eigenvalue weighted by Gasteiger charge is 2.26. The minimum Gasteiger partial charge on any atom is -0.496 e. The van der Waals surface area contributed by atoms with E-state index in [4.69, 9.17) is 4.74 Å². The molecule has 1 aliphatic carbocycles. The highest BCUT2D eigenvalue weighted by molar-refractivity contribution is 9.10. The fraction of sp³-hybridized carbons (Fsp3) is 0.625. The average molecular weight is 326 g/mol. The minimum absolute atomic E-state index is 0.386. The molecule has 1 unspecified atom stereocenters. The molecule has 1 aromatic carbocycles. The first kappa shape index (κ1) is 14.9. The van der Waals surface area contributed by atoms with Gasteiger partial charge in [-0.1, -0.05) is 35.2 Å². The molecule has 19 heavy (non-hydrogen) atoms. The van der Waals surface area contributed by atoms with Crippen LogP contribution in [0.25, 0.3) is 0 Å². The Morgan fingerprint density at radius 1 is 1.42 bits per heavy atom. The Morgan fingerprint density at radius 3 is 2.58 bits per heavy atom. The number of halogens is 1. The molecule has 2 nitrogen and oxygen atoms in total. The van der Waals surface area contributed by atoms with Gasteiger partial charge >= 0.3 is 0 Å². The molecule has 0 aliphatic heterocycles. The van der Waals surface area contributed by atoms with Gasteiger partial charge in [0.25, 0.3) is 0 Å². The predicted molar refractivity (Wildman–Crippen MR) is 83.9 cm³/mol. The number of methoxy groups -OCH3 is 1. The molecule has 0 saturated heterocycles. The van der Waals surface area contributed by atoms with E-state index in [2.05, 4.69) is 48.2 Å². The highest BCUT2D eigenvalue weighted by atomic mass is 79.9. The summed E-state index contributed by atoms with van der Waals surface area (Å²) >= 11 is 3.67. The Kier molecular flexibility index (Phi) is 4.91. The molecule has 1 aliphatic rings. The van der Waals surface area contributed by atoms with E-state index < -0.39 is 0 Å². The molecule has 106 valence electrons. The summed E-state index contributed by atoms with van der Waals surface area (Å²) in [5.74, 6) is 1.92. The Hall–Kier alpha value is -0.540. The molecule has 1 fully saturated rings. The molecule has 3 heteroatoms. The molecule has 1 aromatic rings.